The van der Waals surface area contributed by atoms with E-state index >= 15 is 0 Å². The van der Waals surface area contributed by atoms with E-state index in [0.717, 1.165) is 0 Å². The first-order valence-electron chi connectivity index (χ1n) is 2.63. The van der Waals surface area contributed by atoms with Crippen molar-refractivity contribution in [3.63, 3.8) is 0 Å². The molecular weight excluding hydrogens is 114 g/mol. The van der Waals surface area contributed by atoms with Crippen LogP contribution in [0.5, 0.6) is 0 Å². The van der Waals surface area contributed by atoms with Gasteiger partial charge in [-0.2, -0.15) is 0 Å². The zero-order chi connectivity index (χ0) is 7.28. The van der Waals surface area contributed by atoms with Crippen molar-refractivity contribution >= 4 is 0 Å². The van der Waals surface area contributed by atoms with Crippen LogP contribution >= 0.6 is 0 Å². The van der Waals surface area contributed by atoms with Crippen LogP contribution in [0.1, 0.15) is 6.92 Å². The van der Waals surface area contributed by atoms with Gasteiger partial charge in [0.1, 0.15) is 5.76 Å². The van der Waals surface area contributed by atoms with Crippen LogP contribution in [-0.2, 0) is 0 Å². The van der Waals surface area contributed by atoms with Crippen molar-refractivity contribution in [3.05, 3.63) is 36.3 Å². The third kappa shape index (κ3) is 2.59. The normalized spacial score (nSPS) is 13.4. The van der Waals surface area contributed by atoms with E-state index in [1.807, 2.05) is 0 Å². The quantitative estimate of drug-likeness (QED) is 0.433. The molecule has 50 valence electrons. The van der Waals surface area contributed by atoms with Crippen molar-refractivity contribution in [2.24, 2.45) is 5.73 Å². The van der Waals surface area contributed by atoms with Crippen LogP contribution in [0, 0.1) is 0 Å². The molecule has 0 fully saturated rings. The van der Waals surface area contributed by atoms with Gasteiger partial charge in [-0.15, -0.1) is 0 Å². The molecule has 0 bridgehead atoms. The Balaban J connectivity index is 4.27. The third-order valence-electron chi connectivity index (χ3n) is 0.944. The summed E-state index contributed by atoms with van der Waals surface area (Å²) < 4.78 is 0. The molecule has 0 saturated carbocycles. The van der Waals surface area contributed by atoms with Gasteiger partial charge in [0.15, 0.2) is 0 Å². The van der Waals surface area contributed by atoms with Crippen LogP contribution in [-0.4, -0.2) is 5.11 Å². The fourth-order valence-corrected chi connectivity index (χ4v) is 0.391. The molecule has 0 heterocycles. The van der Waals surface area contributed by atoms with Gasteiger partial charge in [-0.05, 0) is 30.8 Å². The van der Waals surface area contributed by atoms with E-state index in [9.17, 15) is 0 Å². The second kappa shape index (κ2) is 3.78. The average molecular weight is 125 g/mol. The summed E-state index contributed by atoms with van der Waals surface area (Å²) in [6.07, 6.45) is 4.35. The third-order valence-corrected chi connectivity index (χ3v) is 0.944. The Hall–Kier alpha value is -1.18. The Labute approximate surface area is 55.0 Å². The molecule has 3 N–H and O–H groups in total. The van der Waals surface area contributed by atoms with Crippen LogP contribution in [0.15, 0.2) is 36.3 Å². The number of aliphatic hydroxyl groups excluding tert-OH is 1. The number of allylic oxidation sites excluding steroid dienone is 3. The molecule has 0 atom stereocenters. The molecule has 0 amide bonds. The lowest BCUT2D eigenvalue weighted by atomic mass is 10.2. The SMILES string of the molecule is C=C/C(O)=C(C)\C=C/N. The number of hydrogen-bond donors (Lipinski definition) is 2. The van der Waals surface area contributed by atoms with Crippen LogP contribution in [0.25, 0.3) is 0 Å². The molecule has 0 saturated heterocycles. The molecule has 0 aromatic heterocycles. The zero-order valence-corrected chi connectivity index (χ0v) is 5.46. The van der Waals surface area contributed by atoms with Crippen molar-refractivity contribution < 1.29 is 5.11 Å². The van der Waals surface area contributed by atoms with E-state index in [2.05, 4.69) is 6.58 Å². The number of hydrogen-bond acceptors (Lipinski definition) is 2. The summed E-state index contributed by atoms with van der Waals surface area (Å²) in [5, 5.41) is 8.91. The second-order valence-corrected chi connectivity index (χ2v) is 1.63. The van der Waals surface area contributed by atoms with Crippen molar-refractivity contribution in [3.8, 4) is 0 Å². The first-order chi connectivity index (χ1) is 4.22. The maximum Gasteiger partial charge on any atom is 0.117 e. The summed E-state index contributed by atoms with van der Waals surface area (Å²) in [5.41, 5.74) is 5.78. The minimum atomic E-state index is 0.164. The average Bonchev–Trinajstić information content (AvgIpc) is 1.87. The van der Waals surface area contributed by atoms with Crippen molar-refractivity contribution in [2.75, 3.05) is 0 Å². The first kappa shape index (κ1) is 7.82. The minimum absolute atomic E-state index is 0.164. The highest BCUT2D eigenvalue weighted by Crippen LogP contribution is 2.00. The lowest BCUT2D eigenvalue weighted by Gasteiger charge is -1.92. The second-order valence-electron chi connectivity index (χ2n) is 1.63. The van der Waals surface area contributed by atoms with Gasteiger partial charge in [0.2, 0.25) is 0 Å². The Morgan fingerprint density at radius 3 is 2.56 bits per heavy atom. The molecule has 2 nitrogen and oxygen atoms in total. The van der Waals surface area contributed by atoms with Gasteiger partial charge in [0, 0.05) is 0 Å². The Bertz CT molecular complexity index is 156. The predicted octanol–water partition coefficient (Wildman–Crippen LogP) is 1.48. The molecule has 0 aliphatic carbocycles. The molecule has 0 aromatic rings. The molecule has 0 aromatic carbocycles. The van der Waals surface area contributed by atoms with Crippen molar-refractivity contribution in [1.29, 1.82) is 0 Å². The first-order valence-corrected chi connectivity index (χ1v) is 2.63. The Morgan fingerprint density at radius 1 is 1.67 bits per heavy atom. The topological polar surface area (TPSA) is 46.2 Å². The van der Waals surface area contributed by atoms with Crippen molar-refractivity contribution in [2.45, 2.75) is 6.92 Å². The number of rotatable bonds is 2. The van der Waals surface area contributed by atoms with Crippen LogP contribution in [0.4, 0.5) is 0 Å². The van der Waals surface area contributed by atoms with Gasteiger partial charge < -0.3 is 10.8 Å². The highest BCUT2D eigenvalue weighted by Gasteiger charge is 1.87. The summed E-state index contributed by atoms with van der Waals surface area (Å²) >= 11 is 0. The van der Waals surface area contributed by atoms with Gasteiger partial charge in [-0.3, -0.25) is 0 Å². The standard InChI is InChI=1S/C7H11NO/c1-3-7(9)6(2)4-5-8/h3-5,9H,1,8H2,2H3/b5-4-,7-6+. The summed E-state index contributed by atoms with van der Waals surface area (Å²) in [6.45, 7) is 5.13. The van der Waals surface area contributed by atoms with E-state index in [4.69, 9.17) is 10.8 Å². The molecule has 0 unspecified atom stereocenters. The van der Waals surface area contributed by atoms with Gasteiger partial charge >= 0.3 is 0 Å². The minimum Gasteiger partial charge on any atom is -0.508 e. The largest absolute Gasteiger partial charge is 0.508 e. The Kier molecular flexibility index (Phi) is 3.28. The summed E-state index contributed by atoms with van der Waals surface area (Å²) in [7, 11) is 0. The molecule has 0 spiro atoms. The highest BCUT2D eigenvalue weighted by atomic mass is 16.3. The molecule has 0 radical (unpaired) electrons. The lowest BCUT2D eigenvalue weighted by Crippen LogP contribution is -1.82. The fourth-order valence-electron chi connectivity index (χ4n) is 0.391. The van der Waals surface area contributed by atoms with Crippen LogP contribution in [0.2, 0.25) is 0 Å². The zero-order valence-electron chi connectivity index (χ0n) is 5.46. The molecule has 0 aliphatic rings. The summed E-state index contributed by atoms with van der Waals surface area (Å²) in [5.74, 6) is 0.164. The molecular formula is C7H11NO. The molecule has 9 heavy (non-hydrogen) atoms. The van der Waals surface area contributed by atoms with Crippen LogP contribution < -0.4 is 5.73 Å². The van der Waals surface area contributed by atoms with E-state index in [-0.39, 0.29) is 5.76 Å². The van der Waals surface area contributed by atoms with Gasteiger partial charge in [-0.25, -0.2) is 0 Å². The predicted molar refractivity (Wildman–Crippen MR) is 38.9 cm³/mol. The number of nitrogens with two attached hydrogens (primary N) is 1. The maximum atomic E-state index is 8.91. The van der Waals surface area contributed by atoms with E-state index in [0.29, 0.717) is 5.57 Å². The maximum absolute atomic E-state index is 8.91. The Morgan fingerprint density at radius 2 is 2.22 bits per heavy atom. The monoisotopic (exact) mass is 125 g/mol. The molecule has 0 aliphatic heterocycles. The van der Waals surface area contributed by atoms with Gasteiger partial charge in [0.25, 0.3) is 0 Å². The lowest BCUT2D eigenvalue weighted by molar-refractivity contribution is 0.428. The summed E-state index contributed by atoms with van der Waals surface area (Å²) in [4.78, 5) is 0. The van der Waals surface area contributed by atoms with E-state index in [1.165, 1.54) is 12.3 Å². The van der Waals surface area contributed by atoms with Gasteiger partial charge in [0.05, 0.1) is 0 Å². The smallest absolute Gasteiger partial charge is 0.117 e. The van der Waals surface area contributed by atoms with Gasteiger partial charge in [-0.1, -0.05) is 6.58 Å². The van der Waals surface area contributed by atoms with E-state index in [1.54, 1.807) is 13.0 Å². The van der Waals surface area contributed by atoms with E-state index < -0.39 is 0 Å². The fraction of sp³-hybridized carbons (Fsp3) is 0.143. The highest BCUT2D eigenvalue weighted by molar-refractivity contribution is 5.24. The van der Waals surface area contributed by atoms with Crippen molar-refractivity contribution in [1.82, 2.24) is 0 Å². The van der Waals surface area contributed by atoms with Crippen LogP contribution in [0.3, 0.4) is 0 Å². The number of aliphatic hydroxyl groups is 1. The molecule has 0 rings (SSSR count). The molecule has 2 heteroatoms. The summed E-state index contributed by atoms with van der Waals surface area (Å²) in [6, 6.07) is 0.